The van der Waals surface area contributed by atoms with Crippen LogP contribution in [0, 0.1) is 0 Å². The molecule has 3 amide bonds. The standard InChI is InChI=1S/C24H27N7O4S2/c1-35-17-7-3-5-14(9-17)21(33)27-15-6-2-4-13(8-15)18-12-36-22(29-18)19-20(26)30-24(37-19)31-23(34)28-16(10-25)11-32/h2-9,12,16,22,29,32H,10-11,25-26H2,1H3,(H,27,33)(H2,28,30,31,34). The molecule has 0 spiro atoms. The molecule has 4 rings (SSSR count). The van der Waals surface area contributed by atoms with Gasteiger partial charge < -0.3 is 37.3 Å². The Labute approximate surface area is 221 Å². The first-order chi connectivity index (χ1) is 17.9. The summed E-state index contributed by atoms with van der Waals surface area (Å²) in [6, 6.07) is 13.4. The topological polar surface area (TPSA) is 177 Å². The third-order valence-corrected chi connectivity index (χ3v) is 7.55. The molecular weight excluding hydrogens is 514 g/mol. The number of hydrogen-bond donors (Lipinski definition) is 7. The molecule has 3 aromatic rings. The number of ether oxygens (including phenoxy) is 1. The monoisotopic (exact) mass is 541 g/mol. The zero-order valence-corrected chi connectivity index (χ0v) is 21.5. The molecule has 1 aliphatic heterocycles. The zero-order chi connectivity index (χ0) is 26.4. The normalized spacial score (nSPS) is 15.3. The second kappa shape index (κ2) is 12.0. The van der Waals surface area contributed by atoms with Crippen LogP contribution < -0.4 is 37.5 Å². The van der Waals surface area contributed by atoms with Gasteiger partial charge in [0, 0.05) is 29.1 Å². The molecule has 0 saturated heterocycles. The molecule has 1 aliphatic rings. The molecule has 13 heteroatoms. The van der Waals surface area contributed by atoms with Crippen LogP contribution in [0.15, 0.2) is 53.9 Å². The van der Waals surface area contributed by atoms with Crippen LogP contribution in [0.2, 0.25) is 0 Å². The lowest BCUT2D eigenvalue weighted by Crippen LogP contribution is -2.44. The van der Waals surface area contributed by atoms with Crippen LogP contribution in [0.3, 0.4) is 0 Å². The van der Waals surface area contributed by atoms with E-state index in [2.05, 4.69) is 26.3 Å². The van der Waals surface area contributed by atoms with Gasteiger partial charge in [0.05, 0.1) is 24.6 Å². The molecule has 1 aromatic heterocycles. The molecule has 2 heterocycles. The van der Waals surface area contributed by atoms with Crippen molar-refractivity contribution in [3.8, 4) is 5.75 Å². The molecule has 2 atom stereocenters. The lowest BCUT2D eigenvalue weighted by molar-refractivity contribution is 0.102. The highest BCUT2D eigenvalue weighted by Crippen LogP contribution is 2.43. The van der Waals surface area contributed by atoms with Crippen molar-refractivity contribution in [3.63, 3.8) is 0 Å². The van der Waals surface area contributed by atoms with E-state index in [0.717, 1.165) is 16.1 Å². The summed E-state index contributed by atoms with van der Waals surface area (Å²) in [4.78, 5) is 29.8. The Morgan fingerprint density at radius 2 is 2.03 bits per heavy atom. The van der Waals surface area contributed by atoms with Gasteiger partial charge in [-0.05, 0) is 35.7 Å². The minimum Gasteiger partial charge on any atom is -0.497 e. The predicted molar refractivity (Wildman–Crippen MR) is 147 cm³/mol. The highest BCUT2D eigenvalue weighted by atomic mass is 32.2. The number of nitrogens with two attached hydrogens (primary N) is 2. The Bertz CT molecular complexity index is 1310. The summed E-state index contributed by atoms with van der Waals surface area (Å²) in [5.41, 5.74) is 14.5. The Morgan fingerprint density at radius 3 is 2.78 bits per heavy atom. The van der Waals surface area contributed by atoms with Gasteiger partial charge in [-0.3, -0.25) is 10.1 Å². The van der Waals surface area contributed by atoms with E-state index >= 15 is 0 Å². The third-order valence-electron chi connectivity index (χ3n) is 5.35. The number of thioether (sulfide) groups is 1. The van der Waals surface area contributed by atoms with Gasteiger partial charge in [-0.2, -0.15) is 0 Å². The summed E-state index contributed by atoms with van der Waals surface area (Å²) in [6.07, 6.45) is 0. The van der Waals surface area contributed by atoms with Crippen molar-refractivity contribution in [2.24, 2.45) is 5.73 Å². The molecule has 0 saturated carbocycles. The molecule has 0 radical (unpaired) electrons. The van der Waals surface area contributed by atoms with Crippen molar-refractivity contribution in [1.82, 2.24) is 15.6 Å². The second-order valence-corrected chi connectivity index (χ2v) is 9.95. The first-order valence-corrected chi connectivity index (χ1v) is 13.0. The number of aliphatic hydroxyl groups is 1. The smallest absolute Gasteiger partial charge is 0.321 e. The molecular formula is C24H27N7O4S2. The predicted octanol–water partition coefficient (Wildman–Crippen LogP) is 2.76. The Balaban J connectivity index is 1.39. The van der Waals surface area contributed by atoms with Crippen molar-refractivity contribution in [2.75, 3.05) is 36.6 Å². The number of aromatic nitrogens is 1. The van der Waals surface area contributed by atoms with Crippen molar-refractivity contribution in [2.45, 2.75) is 11.4 Å². The maximum atomic E-state index is 12.7. The molecule has 2 unspecified atom stereocenters. The second-order valence-electron chi connectivity index (χ2n) is 7.94. The van der Waals surface area contributed by atoms with Gasteiger partial charge in [0.25, 0.3) is 5.91 Å². The highest BCUT2D eigenvalue weighted by Gasteiger charge is 2.25. The number of carbonyl (C=O) groups is 2. The number of nitrogens with one attached hydrogen (secondary N) is 4. The van der Waals surface area contributed by atoms with Gasteiger partial charge in [-0.1, -0.05) is 29.5 Å². The number of thiazole rings is 1. The van der Waals surface area contributed by atoms with Crippen LogP contribution in [-0.2, 0) is 0 Å². The number of carbonyl (C=O) groups excluding carboxylic acids is 2. The van der Waals surface area contributed by atoms with Gasteiger partial charge in [0.1, 0.15) is 16.9 Å². The number of rotatable bonds is 9. The Morgan fingerprint density at radius 1 is 1.22 bits per heavy atom. The number of anilines is 3. The number of amides is 3. The van der Waals surface area contributed by atoms with E-state index in [9.17, 15) is 14.7 Å². The van der Waals surface area contributed by atoms with E-state index in [1.807, 2.05) is 29.7 Å². The van der Waals surface area contributed by atoms with Gasteiger partial charge in [-0.25, -0.2) is 9.78 Å². The summed E-state index contributed by atoms with van der Waals surface area (Å²) in [5.74, 6) is 0.669. The van der Waals surface area contributed by atoms with E-state index < -0.39 is 12.1 Å². The van der Waals surface area contributed by atoms with Crippen LogP contribution in [0.1, 0.15) is 26.2 Å². The third kappa shape index (κ3) is 6.51. The van der Waals surface area contributed by atoms with Crippen molar-refractivity contribution >= 4 is 57.4 Å². The number of urea groups is 1. The fourth-order valence-electron chi connectivity index (χ4n) is 3.44. The number of nitrogen functional groups attached to an aromatic ring is 1. The first kappa shape index (κ1) is 26.3. The molecule has 0 fully saturated rings. The van der Waals surface area contributed by atoms with Gasteiger partial charge >= 0.3 is 6.03 Å². The van der Waals surface area contributed by atoms with Crippen LogP contribution >= 0.6 is 23.1 Å². The van der Waals surface area contributed by atoms with Crippen LogP contribution in [-0.4, -0.2) is 48.3 Å². The average Bonchev–Trinajstić information content (AvgIpc) is 3.54. The van der Waals surface area contributed by atoms with Crippen LogP contribution in [0.25, 0.3) is 5.70 Å². The van der Waals surface area contributed by atoms with Gasteiger partial charge in [0.15, 0.2) is 5.13 Å². The fraction of sp³-hybridized carbons (Fsp3) is 0.208. The molecule has 11 nitrogen and oxygen atoms in total. The lowest BCUT2D eigenvalue weighted by atomic mass is 10.1. The molecule has 0 bridgehead atoms. The van der Waals surface area contributed by atoms with Crippen molar-refractivity contribution in [3.05, 3.63) is 69.9 Å². The van der Waals surface area contributed by atoms with E-state index in [0.29, 0.717) is 27.9 Å². The average molecular weight is 542 g/mol. The van der Waals surface area contributed by atoms with E-state index in [4.69, 9.17) is 16.2 Å². The molecule has 37 heavy (non-hydrogen) atoms. The van der Waals surface area contributed by atoms with E-state index in [-0.39, 0.29) is 24.4 Å². The van der Waals surface area contributed by atoms with Crippen LogP contribution in [0.5, 0.6) is 5.75 Å². The number of methoxy groups -OCH3 is 1. The zero-order valence-electron chi connectivity index (χ0n) is 19.9. The van der Waals surface area contributed by atoms with Crippen LogP contribution in [0.4, 0.5) is 21.4 Å². The minimum atomic E-state index is -0.549. The Kier molecular flexibility index (Phi) is 8.50. The summed E-state index contributed by atoms with van der Waals surface area (Å²) >= 11 is 2.77. The number of benzene rings is 2. The molecule has 2 aromatic carbocycles. The number of hydrogen-bond acceptors (Lipinski definition) is 10. The maximum Gasteiger partial charge on any atom is 0.321 e. The summed E-state index contributed by atoms with van der Waals surface area (Å²) in [7, 11) is 1.55. The van der Waals surface area contributed by atoms with E-state index in [1.54, 1.807) is 31.4 Å². The first-order valence-electron chi connectivity index (χ1n) is 11.2. The molecule has 194 valence electrons. The van der Waals surface area contributed by atoms with E-state index in [1.165, 1.54) is 23.1 Å². The van der Waals surface area contributed by atoms with Crippen molar-refractivity contribution < 1.29 is 19.4 Å². The summed E-state index contributed by atoms with van der Waals surface area (Å²) in [6.45, 7) is -0.156. The van der Waals surface area contributed by atoms with Gasteiger partial charge in [-0.15, -0.1) is 11.8 Å². The summed E-state index contributed by atoms with van der Waals surface area (Å²) < 4.78 is 5.19. The lowest BCUT2D eigenvalue weighted by Gasteiger charge is -2.13. The SMILES string of the molecule is COc1cccc(C(=O)Nc2cccc(C3=CSC(c4sc(NC(=O)NC(CN)CO)nc4N)N3)c2)c1. The number of nitrogens with zero attached hydrogens (tertiary/aromatic N) is 1. The Hall–Kier alpha value is -3.78. The fourth-order valence-corrected chi connectivity index (χ4v) is 5.48. The summed E-state index contributed by atoms with van der Waals surface area (Å²) in [5, 5.41) is 22.8. The highest BCUT2D eigenvalue weighted by molar-refractivity contribution is 8.02. The quantitative estimate of drug-likeness (QED) is 0.215. The maximum absolute atomic E-state index is 12.7. The number of aliphatic hydroxyl groups excluding tert-OH is 1. The largest absolute Gasteiger partial charge is 0.497 e. The van der Waals surface area contributed by atoms with Gasteiger partial charge in [0.2, 0.25) is 0 Å². The molecule has 0 aliphatic carbocycles. The van der Waals surface area contributed by atoms with Crippen molar-refractivity contribution in [1.29, 1.82) is 0 Å². The minimum absolute atomic E-state index is 0.109. The molecule has 9 N–H and O–H groups in total.